The Labute approximate surface area is 311 Å². The van der Waals surface area contributed by atoms with E-state index in [2.05, 4.69) is 198 Å². The number of anilines is 5. The first-order chi connectivity index (χ1) is 25.8. The molecule has 10 rings (SSSR count). The Morgan fingerprint density at radius 1 is 0.404 bits per heavy atom. The molecule has 1 unspecified atom stereocenters. The molecule has 0 radical (unpaired) electrons. The van der Waals surface area contributed by atoms with Crippen molar-refractivity contribution in [1.29, 1.82) is 0 Å². The summed E-state index contributed by atoms with van der Waals surface area (Å²) < 4.78 is 5.28. The highest BCUT2D eigenvalue weighted by molar-refractivity contribution is 7.26. The lowest BCUT2D eigenvalue weighted by atomic mass is 10.0. The van der Waals surface area contributed by atoms with Crippen molar-refractivity contribution in [2.24, 2.45) is 0 Å². The first-order valence-electron chi connectivity index (χ1n) is 17.8. The molecule has 52 heavy (non-hydrogen) atoms. The van der Waals surface area contributed by atoms with E-state index >= 15 is 0 Å². The van der Waals surface area contributed by atoms with E-state index in [-0.39, 0.29) is 6.04 Å². The summed E-state index contributed by atoms with van der Waals surface area (Å²) in [4.78, 5) is 4.84. The van der Waals surface area contributed by atoms with Crippen molar-refractivity contribution in [3.63, 3.8) is 0 Å². The second-order valence-corrected chi connectivity index (χ2v) is 15.5. The van der Waals surface area contributed by atoms with Crippen LogP contribution in [0.25, 0.3) is 51.5 Å². The molecular formula is C48H34N2S2. The summed E-state index contributed by atoms with van der Waals surface area (Å²) in [6.07, 6.45) is 9.88. The lowest BCUT2D eigenvalue weighted by molar-refractivity contribution is 0.785. The molecule has 0 N–H and O–H groups in total. The van der Waals surface area contributed by atoms with Gasteiger partial charge in [0.2, 0.25) is 0 Å². The number of nitrogens with zero attached hydrogens (tertiary/aromatic N) is 2. The molecule has 2 heterocycles. The summed E-state index contributed by atoms with van der Waals surface area (Å²) in [5.74, 6) is 0. The summed E-state index contributed by atoms with van der Waals surface area (Å²) in [7, 11) is 0. The Balaban J connectivity index is 0.980. The lowest BCUT2D eigenvalue weighted by Gasteiger charge is -2.32. The molecule has 0 saturated carbocycles. The van der Waals surface area contributed by atoms with Crippen LogP contribution in [-0.2, 0) is 0 Å². The highest BCUT2D eigenvalue weighted by atomic mass is 32.1. The largest absolute Gasteiger partial charge is 0.334 e. The van der Waals surface area contributed by atoms with Crippen LogP contribution in [0.5, 0.6) is 0 Å². The van der Waals surface area contributed by atoms with Gasteiger partial charge in [-0.25, -0.2) is 0 Å². The second-order valence-electron chi connectivity index (χ2n) is 13.3. The summed E-state index contributed by atoms with van der Waals surface area (Å²) in [5, 5.41) is 5.30. The smallest absolute Gasteiger partial charge is 0.0559 e. The zero-order valence-corrected chi connectivity index (χ0v) is 30.0. The number of rotatable bonds is 7. The Morgan fingerprint density at radius 2 is 0.904 bits per heavy atom. The molecule has 0 bridgehead atoms. The van der Waals surface area contributed by atoms with Gasteiger partial charge in [-0.2, -0.15) is 0 Å². The van der Waals surface area contributed by atoms with Crippen LogP contribution in [0.3, 0.4) is 0 Å². The molecule has 0 spiro atoms. The molecule has 0 saturated heterocycles. The third-order valence-corrected chi connectivity index (χ3v) is 12.4. The minimum absolute atomic E-state index is 0.248. The summed E-state index contributed by atoms with van der Waals surface area (Å²) in [5.41, 5.74) is 8.23. The Morgan fingerprint density at radius 3 is 1.52 bits per heavy atom. The Hall–Kier alpha value is -5.94. The summed E-state index contributed by atoms with van der Waals surface area (Å²) >= 11 is 3.73. The van der Waals surface area contributed by atoms with Crippen LogP contribution < -0.4 is 9.80 Å². The minimum Gasteiger partial charge on any atom is -0.334 e. The van der Waals surface area contributed by atoms with Gasteiger partial charge in [-0.1, -0.05) is 115 Å². The predicted molar refractivity (Wildman–Crippen MR) is 228 cm³/mol. The van der Waals surface area contributed by atoms with Gasteiger partial charge in [-0.05, 0) is 90.3 Å². The van der Waals surface area contributed by atoms with Crippen molar-refractivity contribution < 1.29 is 0 Å². The van der Waals surface area contributed by atoms with Gasteiger partial charge < -0.3 is 9.80 Å². The third kappa shape index (κ3) is 5.48. The van der Waals surface area contributed by atoms with Gasteiger partial charge >= 0.3 is 0 Å². The second kappa shape index (κ2) is 13.0. The Kier molecular flexibility index (Phi) is 7.71. The van der Waals surface area contributed by atoms with Crippen LogP contribution in [0, 0.1) is 0 Å². The number of allylic oxidation sites excluding steroid dienone is 2. The summed E-state index contributed by atoms with van der Waals surface area (Å²) in [6, 6.07) is 60.2. The van der Waals surface area contributed by atoms with Crippen LogP contribution in [0.1, 0.15) is 6.42 Å². The van der Waals surface area contributed by atoms with Crippen molar-refractivity contribution in [3.8, 4) is 11.1 Å². The normalized spacial score (nSPS) is 14.1. The maximum absolute atomic E-state index is 2.49. The van der Waals surface area contributed by atoms with Gasteiger partial charge in [-0.3, -0.25) is 0 Å². The van der Waals surface area contributed by atoms with E-state index in [1.807, 2.05) is 22.7 Å². The molecule has 7 aromatic carbocycles. The van der Waals surface area contributed by atoms with Crippen LogP contribution in [0.4, 0.5) is 28.4 Å². The Bertz CT molecular complexity index is 2770. The molecule has 0 fully saturated rings. The van der Waals surface area contributed by atoms with Crippen LogP contribution in [0.15, 0.2) is 188 Å². The number of benzene rings is 7. The van der Waals surface area contributed by atoms with E-state index in [4.69, 9.17) is 0 Å². The van der Waals surface area contributed by atoms with Crippen molar-refractivity contribution in [3.05, 3.63) is 188 Å². The average Bonchev–Trinajstić information content (AvgIpc) is 3.77. The molecule has 0 amide bonds. The SMILES string of the molecule is C1=CCC(N(c2ccc(-c3ccc(N(c4ccccc4)c4ccc5c(c4)sc4ccccc45)cc3)cc2)c2ccc3c(c2)sc2ccccc23)C=C1. The number of para-hydroxylation sites is 1. The first-order valence-corrected chi connectivity index (χ1v) is 19.4. The number of hydrogen-bond acceptors (Lipinski definition) is 4. The van der Waals surface area contributed by atoms with E-state index in [1.54, 1.807) is 0 Å². The topological polar surface area (TPSA) is 6.48 Å². The molecule has 0 aliphatic heterocycles. The molecule has 1 aliphatic rings. The molecule has 248 valence electrons. The van der Waals surface area contributed by atoms with E-state index in [0.29, 0.717) is 0 Å². The molecule has 4 heteroatoms. The predicted octanol–water partition coefficient (Wildman–Crippen LogP) is 14.6. The van der Waals surface area contributed by atoms with Gasteiger partial charge in [0.1, 0.15) is 0 Å². The van der Waals surface area contributed by atoms with Gasteiger partial charge in [0.25, 0.3) is 0 Å². The molecule has 1 atom stereocenters. The van der Waals surface area contributed by atoms with E-state index in [1.165, 1.54) is 62.8 Å². The lowest BCUT2D eigenvalue weighted by Crippen LogP contribution is -2.29. The fourth-order valence-corrected chi connectivity index (χ4v) is 9.93. The monoisotopic (exact) mass is 702 g/mol. The van der Waals surface area contributed by atoms with E-state index < -0.39 is 0 Å². The molecule has 2 aromatic heterocycles. The van der Waals surface area contributed by atoms with E-state index in [9.17, 15) is 0 Å². The van der Waals surface area contributed by atoms with Crippen LogP contribution in [0.2, 0.25) is 0 Å². The van der Waals surface area contributed by atoms with Gasteiger partial charge in [0.15, 0.2) is 0 Å². The van der Waals surface area contributed by atoms with Gasteiger partial charge in [0, 0.05) is 68.8 Å². The molecular weight excluding hydrogens is 669 g/mol. The van der Waals surface area contributed by atoms with Gasteiger partial charge in [0.05, 0.1) is 6.04 Å². The number of fused-ring (bicyclic) bond motifs is 6. The standard InChI is InChI=1S/C48H34N2S2/c1-3-11-35(12-4-1)49(39-27-29-43-41-15-7-9-17-45(41)51-47(43)31-39)37-23-19-33(20-24-37)34-21-25-38(26-22-34)50(36-13-5-2-6-14-36)40-28-30-44-42-16-8-10-18-46(42)52-48(44)32-40/h1-13,15-32,36H,14H2. The molecule has 9 aromatic rings. The fourth-order valence-electron chi connectivity index (χ4n) is 7.65. The third-order valence-electron chi connectivity index (χ3n) is 10.2. The van der Waals surface area contributed by atoms with Crippen molar-refractivity contribution in [1.82, 2.24) is 0 Å². The molecule has 1 aliphatic carbocycles. The minimum atomic E-state index is 0.248. The maximum Gasteiger partial charge on any atom is 0.0559 e. The van der Waals surface area contributed by atoms with Gasteiger partial charge in [-0.15, -0.1) is 22.7 Å². The van der Waals surface area contributed by atoms with E-state index in [0.717, 1.165) is 23.5 Å². The first kappa shape index (κ1) is 30.8. The van der Waals surface area contributed by atoms with Crippen LogP contribution >= 0.6 is 22.7 Å². The zero-order valence-electron chi connectivity index (χ0n) is 28.4. The molecule has 2 nitrogen and oxygen atoms in total. The quantitative estimate of drug-likeness (QED) is 0.163. The number of hydrogen-bond donors (Lipinski definition) is 0. The zero-order chi connectivity index (χ0) is 34.4. The highest BCUT2D eigenvalue weighted by Crippen LogP contribution is 2.42. The number of thiophene rings is 2. The average molecular weight is 703 g/mol. The highest BCUT2D eigenvalue weighted by Gasteiger charge is 2.21. The fraction of sp³-hybridized carbons (Fsp3) is 0.0417. The van der Waals surface area contributed by atoms with Crippen molar-refractivity contribution in [2.45, 2.75) is 12.5 Å². The van der Waals surface area contributed by atoms with Crippen molar-refractivity contribution in [2.75, 3.05) is 9.80 Å². The summed E-state index contributed by atoms with van der Waals surface area (Å²) in [6.45, 7) is 0. The van der Waals surface area contributed by atoms with Crippen LogP contribution in [-0.4, -0.2) is 6.04 Å². The van der Waals surface area contributed by atoms with Crippen molar-refractivity contribution >= 4 is 91.5 Å². The maximum atomic E-state index is 2.49.